The van der Waals surface area contributed by atoms with Crippen molar-refractivity contribution in [1.82, 2.24) is 0 Å². The third-order valence-corrected chi connectivity index (χ3v) is 9.46. The van der Waals surface area contributed by atoms with Gasteiger partial charge in [-0.1, -0.05) is 18.2 Å². The molecule has 0 aliphatic heterocycles. The summed E-state index contributed by atoms with van der Waals surface area (Å²) in [5, 5.41) is 24.4. The van der Waals surface area contributed by atoms with E-state index in [0.29, 0.717) is 17.7 Å². The lowest BCUT2D eigenvalue weighted by Gasteiger charge is -2.14. The Morgan fingerprint density at radius 2 is 1.04 bits per heavy atom. The molecule has 45 heavy (non-hydrogen) atoms. The lowest BCUT2D eigenvalue weighted by molar-refractivity contribution is 0.472. The molecule has 0 saturated carbocycles. The summed E-state index contributed by atoms with van der Waals surface area (Å²) in [5.41, 5.74) is 2.78. The fourth-order valence-electron chi connectivity index (χ4n) is 3.99. The fraction of sp³-hybridized carbons (Fsp3) is 0.0435. The van der Waals surface area contributed by atoms with Crippen LogP contribution in [0, 0.1) is 6.92 Å². The van der Waals surface area contributed by atoms with Gasteiger partial charge in [0.15, 0.2) is 5.75 Å². The number of aromatic hydroxyl groups is 1. The highest BCUT2D eigenvalue weighted by atomic mass is 32.2. The molecule has 7 N–H and O–H groups in total. The Kier molecular flexibility index (Phi) is 8.55. The molecule has 0 spiro atoms. The number of azo groups is 2. The number of nitrogens with zero attached hydrogens (tertiary/aromatic N) is 4. The quantitative estimate of drug-likeness (QED) is 0.0850. The normalized spacial score (nSPS) is 13.3. The Balaban J connectivity index is 2.08. The maximum absolute atomic E-state index is 12.3. The number of phenolic OH excluding ortho intramolecular Hbond substituents is 1. The van der Waals surface area contributed by atoms with E-state index in [-0.39, 0.29) is 0 Å². The summed E-state index contributed by atoms with van der Waals surface area (Å²) in [5.74, 6) is -1.17. The zero-order valence-corrected chi connectivity index (χ0v) is 25.5. The smallest absolute Gasteiger partial charge is 0.296 e. The van der Waals surface area contributed by atoms with Gasteiger partial charge in [0.05, 0.1) is 11.1 Å². The van der Waals surface area contributed by atoms with Gasteiger partial charge in [-0.15, -0.1) is 20.5 Å². The number of anilines is 1. The Morgan fingerprint density at radius 1 is 0.578 bits per heavy atom. The molecule has 18 nitrogen and oxygen atoms in total. The Morgan fingerprint density at radius 3 is 1.60 bits per heavy atom. The topological polar surface area (TPSA) is 313 Å². The van der Waals surface area contributed by atoms with E-state index in [1.54, 1.807) is 0 Å². The molecule has 0 radical (unpaired) electrons. The largest absolute Gasteiger partial charge is 0.505 e. The number of benzene rings is 4. The summed E-state index contributed by atoms with van der Waals surface area (Å²) in [4.78, 5) is -3.77. The summed E-state index contributed by atoms with van der Waals surface area (Å²) >= 11 is 0. The van der Waals surface area contributed by atoms with Crippen molar-refractivity contribution < 1.29 is 57.0 Å². The van der Waals surface area contributed by atoms with Crippen LogP contribution in [0.2, 0.25) is 0 Å². The standard InChI is InChI=1S/C23H19N5O13S4/c1-11-6-7-16(43(33,34)35)14(8-11)26-28-22-18(45(39,40)41)10-12-9-17(44(36,37)38)21(20(24)19(12)23(22)29)27-25-13-4-2-3-5-15(13)42(30,31)32/h2-10,29H,24H2,1H3,(H,30,31,32)(H,33,34,35)(H,36,37,38)(H,39,40,41). The number of rotatable bonds is 8. The van der Waals surface area contributed by atoms with Gasteiger partial charge >= 0.3 is 0 Å². The maximum atomic E-state index is 12.3. The van der Waals surface area contributed by atoms with Gasteiger partial charge in [-0.25, -0.2) is 0 Å². The molecule has 0 aromatic heterocycles. The molecule has 0 amide bonds. The van der Waals surface area contributed by atoms with Crippen LogP contribution in [0.15, 0.2) is 94.6 Å². The first-order valence-electron chi connectivity index (χ1n) is 11.7. The van der Waals surface area contributed by atoms with Crippen LogP contribution >= 0.6 is 0 Å². The average Bonchev–Trinajstić information content (AvgIpc) is 2.89. The number of hydrogen-bond donors (Lipinski definition) is 6. The van der Waals surface area contributed by atoms with E-state index < -0.39 is 105 Å². The summed E-state index contributed by atoms with van der Waals surface area (Å²) in [6, 6.07) is 9.12. The highest BCUT2D eigenvalue weighted by Crippen LogP contribution is 2.48. The first kappa shape index (κ1) is 33.5. The molecule has 4 aromatic carbocycles. The second-order valence-electron chi connectivity index (χ2n) is 9.05. The molecule has 4 rings (SSSR count). The van der Waals surface area contributed by atoms with Gasteiger partial charge in [-0.2, -0.15) is 33.7 Å². The van der Waals surface area contributed by atoms with Crippen molar-refractivity contribution in [3.8, 4) is 5.75 Å². The van der Waals surface area contributed by atoms with Gasteiger partial charge in [0, 0.05) is 0 Å². The number of phenols is 1. The van der Waals surface area contributed by atoms with Crippen LogP contribution in [-0.2, 0) is 40.5 Å². The molecule has 4 aromatic rings. The van der Waals surface area contributed by atoms with Crippen LogP contribution in [0.5, 0.6) is 5.75 Å². The van der Waals surface area contributed by atoms with Gasteiger partial charge in [0.2, 0.25) is 0 Å². The number of nitrogen functional groups attached to an aromatic ring is 1. The Bertz CT molecular complexity index is 2410. The van der Waals surface area contributed by atoms with Crippen LogP contribution in [-0.4, -0.2) is 57.0 Å². The van der Waals surface area contributed by atoms with Crippen molar-refractivity contribution in [2.75, 3.05) is 5.73 Å². The van der Waals surface area contributed by atoms with Crippen LogP contribution in [0.4, 0.5) is 28.4 Å². The summed E-state index contributed by atoms with van der Waals surface area (Å²) in [6.45, 7) is 1.52. The summed E-state index contributed by atoms with van der Waals surface area (Å²) in [7, 11) is -20.3. The van der Waals surface area contributed by atoms with Crippen LogP contribution in [0.1, 0.15) is 5.56 Å². The third kappa shape index (κ3) is 6.97. The molecule has 0 saturated heterocycles. The maximum Gasteiger partial charge on any atom is 0.296 e. The van der Waals surface area contributed by atoms with Crippen molar-refractivity contribution in [1.29, 1.82) is 0 Å². The molecular formula is C23H19N5O13S4. The second-order valence-corrected chi connectivity index (χ2v) is 14.6. The first-order chi connectivity index (χ1) is 20.6. The van der Waals surface area contributed by atoms with E-state index in [2.05, 4.69) is 20.5 Å². The molecular weight excluding hydrogens is 683 g/mol. The SMILES string of the molecule is Cc1ccc(S(=O)(=O)O)c(N=Nc2c(S(=O)(=O)O)cc3cc(S(=O)(=O)O)c(N=Nc4ccccc4S(=O)(=O)O)c(N)c3c2O)c1. The van der Waals surface area contributed by atoms with Crippen molar-refractivity contribution >= 4 is 79.7 Å². The third-order valence-electron chi connectivity index (χ3n) is 5.92. The van der Waals surface area contributed by atoms with Gasteiger partial charge in [-0.05, 0) is 54.3 Å². The van der Waals surface area contributed by atoms with Crippen molar-refractivity contribution in [3.05, 3.63) is 60.2 Å². The van der Waals surface area contributed by atoms with Crippen LogP contribution in [0.25, 0.3) is 10.8 Å². The van der Waals surface area contributed by atoms with Gasteiger partial charge in [0.1, 0.15) is 42.3 Å². The molecule has 0 fully saturated rings. The van der Waals surface area contributed by atoms with Crippen molar-refractivity contribution in [3.63, 3.8) is 0 Å². The molecule has 22 heteroatoms. The number of aryl methyl sites for hydroxylation is 1. The van der Waals surface area contributed by atoms with Crippen molar-refractivity contribution in [2.24, 2.45) is 20.5 Å². The Labute approximate surface area is 254 Å². The lowest BCUT2D eigenvalue weighted by atomic mass is 10.1. The summed E-state index contributed by atoms with van der Waals surface area (Å²) < 4.78 is 135. The Hall–Kier alpha value is -4.42. The first-order valence-corrected chi connectivity index (χ1v) is 17.4. The van der Waals surface area contributed by atoms with Crippen LogP contribution in [0.3, 0.4) is 0 Å². The zero-order chi connectivity index (χ0) is 33.7. The molecule has 0 aliphatic carbocycles. The van der Waals surface area contributed by atoms with E-state index in [4.69, 9.17) is 5.73 Å². The van der Waals surface area contributed by atoms with E-state index in [1.165, 1.54) is 25.1 Å². The molecule has 238 valence electrons. The number of fused-ring (bicyclic) bond motifs is 1. The second kappa shape index (κ2) is 11.5. The van der Waals surface area contributed by atoms with Gasteiger partial charge in [0.25, 0.3) is 40.5 Å². The number of hydrogen-bond acceptors (Lipinski definition) is 14. The molecule has 0 bridgehead atoms. The predicted octanol–water partition coefficient (Wildman–Crippen LogP) is 4.25. The highest BCUT2D eigenvalue weighted by Gasteiger charge is 2.28. The minimum atomic E-state index is -5.29. The average molecular weight is 702 g/mol. The molecule has 0 aliphatic rings. The van der Waals surface area contributed by atoms with E-state index in [1.807, 2.05) is 0 Å². The monoisotopic (exact) mass is 701 g/mol. The molecule has 0 heterocycles. The van der Waals surface area contributed by atoms with Gasteiger partial charge < -0.3 is 10.8 Å². The van der Waals surface area contributed by atoms with E-state index in [9.17, 15) is 57.0 Å². The predicted molar refractivity (Wildman–Crippen MR) is 155 cm³/mol. The minimum Gasteiger partial charge on any atom is -0.505 e. The minimum absolute atomic E-state index is 0.418. The lowest BCUT2D eigenvalue weighted by Crippen LogP contribution is -2.04. The zero-order valence-electron chi connectivity index (χ0n) is 22.2. The highest BCUT2D eigenvalue weighted by molar-refractivity contribution is 7.86. The fourth-order valence-corrected chi connectivity index (χ4v) is 6.55. The molecule has 0 atom stereocenters. The van der Waals surface area contributed by atoms with Gasteiger partial charge in [-0.3, -0.25) is 18.2 Å². The van der Waals surface area contributed by atoms with Crippen LogP contribution < -0.4 is 5.73 Å². The van der Waals surface area contributed by atoms with E-state index in [0.717, 1.165) is 24.3 Å². The van der Waals surface area contributed by atoms with E-state index >= 15 is 0 Å². The number of nitrogens with two attached hydrogens (primary N) is 1. The van der Waals surface area contributed by atoms with Crippen molar-refractivity contribution in [2.45, 2.75) is 26.5 Å². The molecule has 0 unspecified atom stereocenters. The summed E-state index contributed by atoms with van der Waals surface area (Å²) in [6.07, 6.45) is 0.